The van der Waals surface area contributed by atoms with Crippen molar-refractivity contribution in [1.82, 2.24) is 4.57 Å². The van der Waals surface area contributed by atoms with Crippen molar-refractivity contribution in [3.63, 3.8) is 0 Å². The Kier molecular flexibility index (Phi) is 4.08. The van der Waals surface area contributed by atoms with Gasteiger partial charge in [0.05, 0.1) is 11.2 Å². The van der Waals surface area contributed by atoms with Gasteiger partial charge in [-0.2, -0.15) is 0 Å². The number of aromatic nitrogens is 1. The van der Waals surface area contributed by atoms with E-state index in [1.54, 1.807) is 19.1 Å². The first-order chi connectivity index (χ1) is 11.8. The SMILES string of the molecule is CC(=O)c1c(C)n(-c2ccc(C)cc2)c2cc(/C(C)=N/O)c(O)cc12. The number of phenolic OH excluding ortho intramolecular Hbond substituents is 1. The van der Waals surface area contributed by atoms with E-state index in [1.807, 2.05) is 42.7 Å². The molecule has 0 amide bonds. The van der Waals surface area contributed by atoms with Crippen LogP contribution < -0.4 is 0 Å². The molecule has 128 valence electrons. The third kappa shape index (κ3) is 2.67. The van der Waals surface area contributed by atoms with Crippen LogP contribution in [0.2, 0.25) is 0 Å². The normalized spacial score (nSPS) is 11.9. The zero-order chi connectivity index (χ0) is 18.3. The number of hydrogen-bond donors (Lipinski definition) is 2. The Labute approximate surface area is 145 Å². The van der Waals surface area contributed by atoms with E-state index in [4.69, 9.17) is 5.21 Å². The monoisotopic (exact) mass is 336 g/mol. The first kappa shape index (κ1) is 16.8. The van der Waals surface area contributed by atoms with Gasteiger partial charge in [0.25, 0.3) is 0 Å². The molecule has 1 heterocycles. The van der Waals surface area contributed by atoms with Crippen molar-refractivity contribution in [2.24, 2.45) is 5.16 Å². The number of rotatable bonds is 3. The van der Waals surface area contributed by atoms with Crippen LogP contribution in [0.1, 0.15) is 41.0 Å². The summed E-state index contributed by atoms with van der Waals surface area (Å²) in [4.78, 5) is 12.2. The van der Waals surface area contributed by atoms with Gasteiger partial charge in [0, 0.05) is 27.9 Å². The van der Waals surface area contributed by atoms with Crippen molar-refractivity contribution in [1.29, 1.82) is 0 Å². The summed E-state index contributed by atoms with van der Waals surface area (Å²) in [6.45, 7) is 7.04. The minimum absolute atomic E-state index is 0.0219. The fourth-order valence-electron chi connectivity index (χ4n) is 3.26. The highest BCUT2D eigenvalue weighted by atomic mass is 16.4. The summed E-state index contributed by atoms with van der Waals surface area (Å²) in [6.07, 6.45) is 0. The van der Waals surface area contributed by atoms with Gasteiger partial charge in [0.1, 0.15) is 5.75 Å². The maximum Gasteiger partial charge on any atom is 0.162 e. The van der Waals surface area contributed by atoms with E-state index in [-0.39, 0.29) is 11.5 Å². The number of nitrogens with zero attached hydrogens (tertiary/aromatic N) is 2. The van der Waals surface area contributed by atoms with E-state index in [2.05, 4.69) is 5.16 Å². The van der Waals surface area contributed by atoms with Gasteiger partial charge in [-0.15, -0.1) is 0 Å². The summed E-state index contributed by atoms with van der Waals surface area (Å²) in [5.41, 5.74) is 4.97. The van der Waals surface area contributed by atoms with Crippen molar-refractivity contribution in [2.75, 3.05) is 0 Å². The maximum absolute atomic E-state index is 12.2. The zero-order valence-corrected chi connectivity index (χ0v) is 14.7. The van der Waals surface area contributed by atoms with Gasteiger partial charge < -0.3 is 14.9 Å². The van der Waals surface area contributed by atoms with E-state index in [0.29, 0.717) is 22.2 Å². The average Bonchev–Trinajstić information content (AvgIpc) is 2.85. The number of oxime groups is 1. The molecule has 0 aliphatic rings. The van der Waals surface area contributed by atoms with Gasteiger partial charge in [-0.1, -0.05) is 22.9 Å². The number of aryl methyl sites for hydroxylation is 1. The molecule has 2 aromatic carbocycles. The van der Waals surface area contributed by atoms with E-state index in [1.165, 1.54) is 6.92 Å². The van der Waals surface area contributed by atoms with Crippen LogP contribution in [0, 0.1) is 13.8 Å². The molecule has 2 N–H and O–H groups in total. The number of carbonyl (C=O) groups is 1. The van der Waals surface area contributed by atoms with Crippen molar-refractivity contribution < 1.29 is 15.1 Å². The molecule has 3 aromatic rings. The zero-order valence-electron chi connectivity index (χ0n) is 14.7. The van der Waals surface area contributed by atoms with Gasteiger partial charge in [-0.3, -0.25) is 4.79 Å². The molecule has 0 saturated heterocycles. The number of ketones is 1. The van der Waals surface area contributed by atoms with Crippen LogP contribution in [0.15, 0.2) is 41.6 Å². The van der Waals surface area contributed by atoms with Crippen molar-refractivity contribution >= 4 is 22.4 Å². The van der Waals surface area contributed by atoms with Crippen LogP contribution in [0.3, 0.4) is 0 Å². The Morgan fingerprint density at radius 3 is 2.28 bits per heavy atom. The van der Waals surface area contributed by atoms with Crippen molar-refractivity contribution in [3.8, 4) is 11.4 Å². The first-order valence-electron chi connectivity index (χ1n) is 8.00. The molecule has 0 bridgehead atoms. The van der Waals surface area contributed by atoms with E-state index < -0.39 is 0 Å². The molecule has 0 aliphatic heterocycles. The van der Waals surface area contributed by atoms with Crippen LogP contribution in [0.4, 0.5) is 0 Å². The number of aromatic hydroxyl groups is 1. The second-order valence-corrected chi connectivity index (χ2v) is 6.26. The lowest BCUT2D eigenvalue weighted by atomic mass is 10.0. The lowest BCUT2D eigenvalue weighted by Crippen LogP contribution is -2.00. The lowest BCUT2D eigenvalue weighted by Gasteiger charge is -2.10. The molecule has 1 aromatic heterocycles. The van der Waals surface area contributed by atoms with E-state index in [9.17, 15) is 9.90 Å². The fourth-order valence-corrected chi connectivity index (χ4v) is 3.26. The lowest BCUT2D eigenvalue weighted by molar-refractivity contribution is 0.101. The summed E-state index contributed by atoms with van der Waals surface area (Å²) >= 11 is 0. The molecule has 5 heteroatoms. The van der Waals surface area contributed by atoms with E-state index >= 15 is 0 Å². The molecule has 0 spiro atoms. The second-order valence-electron chi connectivity index (χ2n) is 6.26. The molecular weight excluding hydrogens is 316 g/mol. The molecule has 0 aliphatic carbocycles. The third-order valence-corrected chi connectivity index (χ3v) is 4.51. The highest BCUT2D eigenvalue weighted by molar-refractivity contribution is 6.12. The maximum atomic E-state index is 12.2. The molecule has 5 nitrogen and oxygen atoms in total. The van der Waals surface area contributed by atoms with Crippen molar-refractivity contribution in [3.05, 3.63) is 58.8 Å². The predicted molar refractivity (Wildman–Crippen MR) is 98.4 cm³/mol. The first-order valence-corrected chi connectivity index (χ1v) is 8.00. The highest BCUT2D eigenvalue weighted by Crippen LogP contribution is 2.34. The Hall–Kier alpha value is -3.08. The number of carbonyl (C=O) groups excluding carboxylic acids is 1. The number of fused-ring (bicyclic) bond motifs is 1. The van der Waals surface area contributed by atoms with Crippen LogP contribution in [0.25, 0.3) is 16.6 Å². The van der Waals surface area contributed by atoms with Gasteiger partial charge >= 0.3 is 0 Å². The summed E-state index contributed by atoms with van der Waals surface area (Å²) in [5, 5.41) is 23.2. The largest absolute Gasteiger partial charge is 0.507 e. The summed E-state index contributed by atoms with van der Waals surface area (Å²) < 4.78 is 1.99. The smallest absolute Gasteiger partial charge is 0.162 e. The summed E-state index contributed by atoms with van der Waals surface area (Å²) in [7, 11) is 0. The minimum atomic E-state index is -0.0620. The average molecular weight is 336 g/mol. The molecule has 3 rings (SSSR count). The predicted octanol–water partition coefficient (Wildman–Crippen LogP) is 4.35. The van der Waals surface area contributed by atoms with Crippen LogP contribution >= 0.6 is 0 Å². The van der Waals surface area contributed by atoms with Gasteiger partial charge in [0.2, 0.25) is 0 Å². The molecule has 25 heavy (non-hydrogen) atoms. The number of Topliss-reactive ketones (excluding diaryl/α,β-unsaturated/α-hetero) is 1. The van der Waals surface area contributed by atoms with Crippen molar-refractivity contribution in [2.45, 2.75) is 27.7 Å². The topological polar surface area (TPSA) is 74.8 Å². The second kappa shape index (κ2) is 6.09. The Balaban J connectivity index is 2.44. The number of phenols is 1. The molecular formula is C20H20N2O3. The third-order valence-electron chi connectivity index (χ3n) is 4.51. The molecule has 0 radical (unpaired) electrons. The van der Waals surface area contributed by atoms with Crippen LogP contribution in [0.5, 0.6) is 5.75 Å². The Morgan fingerprint density at radius 1 is 1.08 bits per heavy atom. The minimum Gasteiger partial charge on any atom is -0.507 e. The fraction of sp³-hybridized carbons (Fsp3) is 0.200. The van der Waals surface area contributed by atoms with E-state index in [0.717, 1.165) is 22.5 Å². The van der Waals surface area contributed by atoms with Gasteiger partial charge in [-0.05, 0) is 52.0 Å². The molecule has 0 fully saturated rings. The number of benzene rings is 2. The standard InChI is InChI=1S/C20H20N2O3/c1-11-5-7-15(8-6-11)22-13(3)20(14(4)23)17-10-19(24)16(9-18(17)22)12(2)21-25/h5-10,24-25H,1-4H3/b21-12+. The quantitative estimate of drug-likeness (QED) is 0.323. The number of hydrogen-bond acceptors (Lipinski definition) is 4. The summed E-state index contributed by atoms with van der Waals surface area (Å²) in [5.74, 6) is -0.0839. The highest BCUT2D eigenvalue weighted by Gasteiger charge is 2.21. The van der Waals surface area contributed by atoms with Gasteiger partial charge in [-0.25, -0.2) is 0 Å². The van der Waals surface area contributed by atoms with Crippen LogP contribution in [-0.4, -0.2) is 26.4 Å². The van der Waals surface area contributed by atoms with Gasteiger partial charge in [0.15, 0.2) is 5.78 Å². The molecule has 0 saturated carbocycles. The summed E-state index contributed by atoms with van der Waals surface area (Å²) in [6, 6.07) is 11.3. The molecule has 0 unspecified atom stereocenters. The Bertz CT molecular complexity index is 1010. The molecule has 0 atom stereocenters. The van der Waals surface area contributed by atoms with Crippen LogP contribution in [-0.2, 0) is 0 Å². The Morgan fingerprint density at radius 2 is 1.72 bits per heavy atom.